The Morgan fingerprint density at radius 3 is 0.986 bits per heavy atom. The van der Waals surface area contributed by atoms with Crippen molar-refractivity contribution in [3.63, 3.8) is 0 Å². The highest BCUT2D eigenvalue weighted by atomic mass is 35.5. The van der Waals surface area contributed by atoms with E-state index in [1.165, 1.54) is 132 Å². The summed E-state index contributed by atoms with van der Waals surface area (Å²) in [7, 11) is 0. The SMILES string of the molecule is Clc1cccc2c1-c1cc3ccccc3cc1C2.Clc1cccc2c1c1cc3ccccc3cc1n2-c1nc2ccccc2nc1-c1ccc(-c2ccccc2)cc1.Clc1nc2ccccc2nc1-c1ccc(-c2ccccc2)cc1.c1ccc(-c2ccc(-c3nc4ccccc4nc3-n3c4cc5ccccc5cc4c4c(-n5c6ccccc6c6ccccc65)cccc43)cc2)cc1.c1ccc2c(c1)Cc1ccccc1-2. The first-order valence-electron chi connectivity index (χ1n) is 49.1. The van der Waals surface area contributed by atoms with E-state index in [2.05, 4.69) is 394 Å². The molecule has 9 nitrogen and oxygen atoms in total. The highest BCUT2D eigenvalue weighted by molar-refractivity contribution is 6.38. The Kier molecular flexibility index (Phi) is 22.8. The van der Waals surface area contributed by atoms with Gasteiger partial charge >= 0.3 is 0 Å². The predicted octanol–water partition coefficient (Wildman–Crippen LogP) is 36.1. The van der Waals surface area contributed by atoms with Crippen LogP contribution in [0.4, 0.5) is 0 Å². The molecule has 0 amide bonds. The predicted molar refractivity (Wildman–Crippen MR) is 611 cm³/mol. The van der Waals surface area contributed by atoms with Crippen molar-refractivity contribution in [2.45, 2.75) is 12.8 Å². The molecule has 6 aromatic heterocycles. The Hall–Kier alpha value is -18.1. The average Bonchev–Trinajstić information content (AvgIpc) is 1.54. The molecule has 0 atom stereocenters. The summed E-state index contributed by atoms with van der Waals surface area (Å²) in [6.45, 7) is 0. The molecule has 0 saturated heterocycles. The lowest BCUT2D eigenvalue weighted by molar-refractivity contribution is 1.08. The van der Waals surface area contributed by atoms with Crippen molar-refractivity contribution < 1.29 is 0 Å². The molecule has 6 heterocycles. The number of hydrogen-bond acceptors (Lipinski definition) is 6. The highest BCUT2D eigenvalue weighted by Gasteiger charge is 2.28. The van der Waals surface area contributed by atoms with E-state index in [9.17, 15) is 0 Å². The van der Waals surface area contributed by atoms with Gasteiger partial charge in [0.2, 0.25) is 0 Å². The van der Waals surface area contributed by atoms with Crippen LogP contribution in [0.15, 0.2) is 497 Å². The van der Waals surface area contributed by atoms with E-state index in [4.69, 9.17) is 54.7 Å². The van der Waals surface area contributed by atoms with E-state index in [1.807, 2.05) is 127 Å². The molecule has 0 aliphatic heterocycles. The van der Waals surface area contributed by atoms with E-state index in [0.29, 0.717) is 10.8 Å². The van der Waals surface area contributed by atoms with Gasteiger partial charge in [-0.25, -0.2) is 29.9 Å². The summed E-state index contributed by atoms with van der Waals surface area (Å²) < 4.78 is 7.00. The van der Waals surface area contributed by atoms with Crippen LogP contribution >= 0.6 is 34.8 Å². The molecule has 146 heavy (non-hydrogen) atoms. The third-order valence-corrected chi connectivity index (χ3v) is 29.2. The molecule has 30 rings (SSSR count). The van der Waals surface area contributed by atoms with Crippen molar-refractivity contribution in [1.29, 1.82) is 0 Å². The van der Waals surface area contributed by atoms with Crippen LogP contribution in [0.1, 0.15) is 22.3 Å². The molecule has 688 valence electrons. The largest absolute Gasteiger partial charge is 0.309 e. The first kappa shape index (κ1) is 88.1. The maximum absolute atomic E-state index is 6.87. The fourth-order valence-corrected chi connectivity index (χ4v) is 22.2. The Balaban J connectivity index is 0.000000101. The summed E-state index contributed by atoms with van der Waals surface area (Å²) in [5.41, 5.74) is 36.2. The Bertz CT molecular complexity index is 9880. The van der Waals surface area contributed by atoms with Crippen molar-refractivity contribution in [3.8, 4) is 107 Å². The quantitative estimate of drug-likeness (QED) is 0.143. The topological polar surface area (TPSA) is 92.1 Å². The van der Waals surface area contributed by atoms with Crippen molar-refractivity contribution in [3.05, 3.63) is 535 Å². The lowest BCUT2D eigenvalue weighted by Crippen LogP contribution is -2.04. The van der Waals surface area contributed by atoms with E-state index in [-0.39, 0.29) is 0 Å². The van der Waals surface area contributed by atoms with Gasteiger partial charge in [0.15, 0.2) is 16.8 Å². The lowest BCUT2D eigenvalue weighted by Gasteiger charge is -2.15. The molecule has 0 saturated carbocycles. The van der Waals surface area contributed by atoms with Gasteiger partial charge in [0, 0.05) is 59.6 Å². The van der Waals surface area contributed by atoms with Gasteiger partial charge in [0.25, 0.3) is 0 Å². The number of benzene rings is 22. The van der Waals surface area contributed by atoms with Crippen LogP contribution in [0.25, 0.3) is 238 Å². The van der Waals surface area contributed by atoms with Crippen molar-refractivity contribution in [1.82, 2.24) is 43.6 Å². The number of rotatable bonds is 9. The molecular formula is C134H86Cl3N9. The van der Waals surface area contributed by atoms with Gasteiger partial charge in [-0.3, -0.25) is 9.13 Å². The van der Waals surface area contributed by atoms with Gasteiger partial charge in [-0.15, -0.1) is 0 Å². The minimum atomic E-state index is 0.427. The van der Waals surface area contributed by atoms with Crippen LogP contribution in [0, 0.1) is 0 Å². The Morgan fingerprint density at radius 1 is 0.185 bits per heavy atom. The number of nitrogens with zero attached hydrogens (tertiary/aromatic N) is 9. The second kappa shape index (κ2) is 37.7. The zero-order valence-electron chi connectivity index (χ0n) is 78.9. The van der Waals surface area contributed by atoms with Gasteiger partial charge < -0.3 is 4.57 Å². The molecule has 12 heteroatoms. The number of hydrogen-bond donors (Lipinski definition) is 0. The Morgan fingerprint density at radius 2 is 0.507 bits per heavy atom. The van der Waals surface area contributed by atoms with Crippen LogP contribution in [0.3, 0.4) is 0 Å². The fourth-order valence-electron chi connectivity index (χ4n) is 21.4. The van der Waals surface area contributed by atoms with Gasteiger partial charge in [-0.2, -0.15) is 0 Å². The molecule has 28 aromatic rings. The van der Waals surface area contributed by atoms with Gasteiger partial charge in [0.05, 0.1) is 76.9 Å². The molecule has 0 N–H and O–H groups in total. The van der Waals surface area contributed by atoms with Gasteiger partial charge in [0.1, 0.15) is 17.1 Å². The summed E-state index contributed by atoms with van der Waals surface area (Å²) in [5.74, 6) is 1.59. The molecule has 0 fully saturated rings. The molecular weight excluding hydrogens is 1840 g/mol. The van der Waals surface area contributed by atoms with E-state index >= 15 is 0 Å². The normalized spacial score (nSPS) is 11.7. The van der Waals surface area contributed by atoms with E-state index in [0.717, 1.165) is 145 Å². The number of fused-ring (bicyclic) bond motifs is 21. The summed E-state index contributed by atoms with van der Waals surface area (Å²) >= 11 is 19.5. The molecule has 22 aromatic carbocycles. The van der Waals surface area contributed by atoms with Crippen LogP contribution in [0.2, 0.25) is 15.2 Å². The molecule has 0 unspecified atom stereocenters. The van der Waals surface area contributed by atoms with Crippen molar-refractivity contribution in [2.75, 3.05) is 0 Å². The maximum Gasteiger partial charge on any atom is 0.165 e. The highest BCUT2D eigenvalue weighted by Crippen LogP contribution is 2.48. The molecule has 0 bridgehead atoms. The standard InChI is InChI=1S/C48H30N4.C36H22ClN3.C20H13ClN2.C17H11Cl.C13H10/c1-2-13-31(14-3-1)32-25-27-33(28-26-32)47-48(50-40-20-9-8-19-39(40)49-47)52-44-24-12-23-43(46(44)38-29-34-15-4-5-16-35(34)30-45(38)52)51-41-21-10-6-17-36(41)37-18-7-11-22-42(37)51;37-29-13-8-16-32-34(29)28-21-26-11-4-5-12-27(26)22-33(28)40(32)36-35(38-30-14-6-7-15-31(30)39-36)25-19-17-24(18-20-25)23-9-2-1-3-10-23;21-20-19(22-17-8-4-5-9-18(17)23-20)16-12-10-15(11-13-16)14-6-2-1-3-7-14;18-16-7-3-6-13-9-14-8-11-4-1-2-5-12(11)10-15(14)17(13)16;1-3-7-12-10(5-1)9-11-6-2-4-8-13(11)12/h1-30H;1-22H;1-13H;1-8,10H,9H2;1-8H,9H2. The monoisotopic (exact) mass is 1930 g/mol. The van der Waals surface area contributed by atoms with Crippen LogP contribution in [-0.2, 0) is 12.8 Å². The molecule has 2 aliphatic rings. The molecule has 0 spiro atoms. The van der Waals surface area contributed by atoms with Crippen molar-refractivity contribution in [2.24, 2.45) is 0 Å². The molecule has 0 radical (unpaired) electrons. The van der Waals surface area contributed by atoms with Crippen molar-refractivity contribution >= 4 is 166 Å². The van der Waals surface area contributed by atoms with Crippen LogP contribution in [0.5, 0.6) is 0 Å². The summed E-state index contributed by atoms with van der Waals surface area (Å²) in [4.78, 5) is 30.3. The van der Waals surface area contributed by atoms with Gasteiger partial charge in [-0.05, 0) is 227 Å². The lowest BCUT2D eigenvalue weighted by atomic mass is 10.0. The van der Waals surface area contributed by atoms with Gasteiger partial charge in [-0.1, -0.05) is 423 Å². The number of aromatic nitrogens is 9. The first-order chi connectivity index (χ1) is 72.1. The van der Waals surface area contributed by atoms with E-state index in [1.54, 1.807) is 0 Å². The summed E-state index contributed by atoms with van der Waals surface area (Å²) in [6, 6.07) is 174. The fraction of sp³-hybridized carbons (Fsp3) is 0.0149. The second-order valence-corrected chi connectivity index (χ2v) is 38.2. The average molecular weight is 1930 g/mol. The third kappa shape index (κ3) is 16.2. The van der Waals surface area contributed by atoms with Crippen LogP contribution < -0.4 is 0 Å². The Labute approximate surface area is 857 Å². The van der Waals surface area contributed by atoms with E-state index < -0.39 is 0 Å². The minimum absolute atomic E-state index is 0.427. The first-order valence-corrected chi connectivity index (χ1v) is 50.2. The zero-order chi connectivity index (χ0) is 97.2. The minimum Gasteiger partial charge on any atom is -0.309 e. The zero-order valence-corrected chi connectivity index (χ0v) is 81.2. The summed E-state index contributed by atoms with van der Waals surface area (Å²) in [6.07, 6.45) is 2.10. The third-order valence-electron chi connectivity index (χ3n) is 28.3. The second-order valence-electron chi connectivity index (χ2n) is 37.0. The smallest absolute Gasteiger partial charge is 0.165 e. The maximum atomic E-state index is 6.87. The summed E-state index contributed by atoms with van der Waals surface area (Å²) in [5, 5.41) is 16.3. The number of para-hydroxylation sites is 8. The van der Waals surface area contributed by atoms with Crippen LogP contribution in [-0.4, -0.2) is 43.6 Å². The molecule has 2 aliphatic carbocycles. The number of halogens is 3.